The molecule has 1 aromatic heterocycles. The number of carboxylic acid groups (broad SMARTS) is 1. The maximum atomic E-state index is 12.8. The van der Waals surface area contributed by atoms with Gasteiger partial charge in [0.2, 0.25) is 5.91 Å². The van der Waals surface area contributed by atoms with Crippen LogP contribution in [0.3, 0.4) is 0 Å². The molecule has 0 aliphatic heterocycles. The number of phenolic OH excluding ortho intramolecular Hbond substituents is 1. The third kappa shape index (κ3) is 4.02. The van der Waals surface area contributed by atoms with Crippen LogP contribution in [0.2, 0.25) is 0 Å². The molecule has 6 heteroatoms. The number of phenols is 1. The first-order valence-electron chi connectivity index (χ1n) is 10.8. The highest BCUT2D eigenvalue weighted by Gasteiger charge is 2.28. The predicted octanol–water partition coefficient (Wildman–Crippen LogP) is 4.85. The van der Waals surface area contributed by atoms with Crippen molar-refractivity contribution in [3.05, 3.63) is 53.6 Å². The number of aromatic hydroxyl groups is 1. The Kier molecular flexibility index (Phi) is 5.72. The second-order valence-corrected chi connectivity index (χ2v) is 8.56. The summed E-state index contributed by atoms with van der Waals surface area (Å²) in [6.45, 7) is 0.101. The fourth-order valence-corrected chi connectivity index (χ4v) is 4.72. The van der Waals surface area contributed by atoms with Crippen molar-refractivity contribution in [1.29, 1.82) is 0 Å². The fraction of sp³-hybridized carbons (Fsp3) is 0.360. The van der Waals surface area contributed by atoms with Gasteiger partial charge in [0.15, 0.2) is 0 Å². The van der Waals surface area contributed by atoms with Crippen molar-refractivity contribution in [3.8, 4) is 17.0 Å². The molecular weight excluding hydrogens is 392 g/mol. The van der Waals surface area contributed by atoms with Crippen LogP contribution in [0, 0.1) is 0 Å². The molecule has 1 aliphatic rings. The number of hydrogen-bond acceptors (Lipinski definition) is 3. The summed E-state index contributed by atoms with van der Waals surface area (Å²) < 4.78 is 1.93. The first-order chi connectivity index (χ1) is 14.9. The third-order valence-electron chi connectivity index (χ3n) is 6.28. The SMILES string of the molecule is CN(C)C(=O)Cn1c(-c2cccc(O)c2)c(C2CCCCC2)c2ccc(C(=O)O)cc21. The van der Waals surface area contributed by atoms with E-state index >= 15 is 0 Å². The number of rotatable bonds is 5. The number of hydrogen-bond donors (Lipinski definition) is 2. The van der Waals surface area contributed by atoms with Gasteiger partial charge < -0.3 is 19.7 Å². The smallest absolute Gasteiger partial charge is 0.335 e. The zero-order chi connectivity index (χ0) is 22.1. The third-order valence-corrected chi connectivity index (χ3v) is 6.28. The van der Waals surface area contributed by atoms with Gasteiger partial charge in [-0.05, 0) is 48.6 Å². The molecule has 0 saturated heterocycles. The molecule has 2 aromatic carbocycles. The first-order valence-corrected chi connectivity index (χ1v) is 10.8. The molecule has 0 radical (unpaired) electrons. The maximum absolute atomic E-state index is 12.8. The Bertz CT molecular complexity index is 1140. The molecule has 1 heterocycles. The number of aromatic nitrogens is 1. The maximum Gasteiger partial charge on any atom is 0.335 e. The van der Waals surface area contributed by atoms with Gasteiger partial charge in [-0.1, -0.05) is 37.5 Å². The molecule has 4 rings (SSSR count). The molecule has 1 fully saturated rings. The molecule has 31 heavy (non-hydrogen) atoms. The minimum Gasteiger partial charge on any atom is -0.508 e. The van der Waals surface area contributed by atoms with Crippen LogP contribution in [-0.4, -0.2) is 45.7 Å². The molecule has 1 saturated carbocycles. The van der Waals surface area contributed by atoms with Crippen molar-refractivity contribution in [2.75, 3.05) is 14.1 Å². The van der Waals surface area contributed by atoms with Crippen LogP contribution < -0.4 is 0 Å². The number of likely N-dealkylation sites (N-methyl/N-ethyl adjacent to an activating group) is 1. The lowest BCUT2D eigenvalue weighted by Crippen LogP contribution is -2.26. The molecule has 162 valence electrons. The monoisotopic (exact) mass is 420 g/mol. The second kappa shape index (κ2) is 8.46. The molecule has 1 aliphatic carbocycles. The number of carboxylic acids is 1. The molecule has 0 atom stereocenters. The first kappa shape index (κ1) is 21.0. The molecular formula is C25H28N2O4. The molecule has 6 nitrogen and oxygen atoms in total. The number of aromatic carboxylic acids is 1. The molecule has 0 bridgehead atoms. The van der Waals surface area contributed by atoms with Gasteiger partial charge in [0.1, 0.15) is 12.3 Å². The summed E-state index contributed by atoms with van der Waals surface area (Å²) in [6, 6.07) is 12.3. The minimum absolute atomic E-state index is 0.0748. The summed E-state index contributed by atoms with van der Waals surface area (Å²) in [5.74, 6) is -0.574. The number of amides is 1. The summed E-state index contributed by atoms with van der Waals surface area (Å²) in [7, 11) is 3.43. The van der Waals surface area contributed by atoms with Crippen LogP contribution in [0.5, 0.6) is 5.75 Å². The van der Waals surface area contributed by atoms with Crippen molar-refractivity contribution in [1.82, 2.24) is 9.47 Å². The van der Waals surface area contributed by atoms with Gasteiger partial charge in [0.05, 0.1) is 16.8 Å². The van der Waals surface area contributed by atoms with Crippen LogP contribution in [-0.2, 0) is 11.3 Å². The van der Waals surface area contributed by atoms with E-state index in [9.17, 15) is 19.8 Å². The zero-order valence-corrected chi connectivity index (χ0v) is 18.0. The Hall–Kier alpha value is -3.28. The van der Waals surface area contributed by atoms with Crippen molar-refractivity contribution in [3.63, 3.8) is 0 Å². The van der Waals surface area contributed by atoms with E-state index < -0.39 is 5.97 Å². The van der Waals surface area contributed by atoms with E-state index in [0.29, 0.717) is 5.92 Å². The number of benzene rings is 2. The summed E-state index contributed by atoms with van der Waals surface area (Å²) in [5, 5.41) is 20.7. The van der Waals surface area contributed by atoms with Crippen LogP contribution in [0.1, 0.15) is 53.9 Å². The summed E-state index contributed by atoms with van der Waals surface area (Å²) in [6.07, 6.45) is 5.65. The largest absolute Gasteiger partial charge is 0.508 e. The summed E-state index contributed by atoms with van der Waals surface area (Å²) >= 11 is 0. The van der Waals surface area contributed by atoms with E-state index in [1.165, 1.54) is 6.42 Å². The van der Waals surface area contributed by atoms with Crippen molar-refractivity contribution < 1.29 is 19.8 Å². The quantitative estimate of drug-likeness (QED) is 0.618. The Balaban J connectivity index is 2.05. The van der Waals surface area contributed by atoms with E-state index in [1.54, 1.807) is 49.3 Å². The topological polar surface area (TPSA) is 82.8 Å². The number of carbonyl (C=O) groups is 2. The average molecular weight is 421 g/mol. The van der Waals surface area contributed by atoms with Gasteiger partial charge in [0.25, 0.3) is 0 Å². The molecule has 0 unspecified atom stereocenters. The highest BCUT2D eigenvalue weighted by molar-refractivity contribution is 5.99. The van der Waals surface area contributed by atoms with Gasteiger partial charge in [-0.3, -0.25) is 4.79 Å². The average Bonchev–Trinajstić information content (AvgIpc) is 3.07. The van der Waals surface area contributed by atoms with E-state index in [4.69, 9.17) is 0 Å². The summed E-state index contributed by atoms with van der Waals surface area (Å²) in [4.78, 5) is 26.0. The van der Waals surface area contributed by atoms with E-state index in [0.717, 1.165) is 53.4 Å². The molecule has 3 aromatic rings. The molecule has 0 spiro atoms. The standard InChI is InChI=1S/C25H28N2O4/c1-26(2)22(29)15-27-21-14-18(25(30)31)11-12-20(21)23(16-7-4-3-5-8-16)24(27)17-9-6-10-19(28)13-17/h6,9-14,16,28H,3-5,7-8,15H2,1-2H3,(H,30,31). The van der Waals surface area contributed by atoms with Gasteiger partial charge >= 0.3 is 5.97 Å². The van der Waals surface area contributed by atoms with Crippen LogP contribution >= 0.6 is 0 Å². The Morgan fingerprint density at radius 2 is 1.81 bits per heavy atom. The minimum atomic E-state index is -0.994. The number of carbonyl (C=O) groups excluding carboxylic acids is 1. The lowest BCUT2D eigenvalue weighted by Gasteiger charge is -2.24. The Labute approximate surface area is 181 Å². The predicted molar refractivity (Wildman–Crippen MR) is 121 cm³/mol. The van der Waals surface area contributed by atoms with Crippen LogP contribution in [0.4, 0.5) is 0 Å². The van der Waals surface area contributed by atoms with Crippen molar-refractivity contribution in [2.24, 2.45) is 0 Å². The van der Waals surface area contributed by atoms with E-state index in [1.807, 2.05) is 16.7 Å². The van der Waals surface area contributed by atoms with Gasteiger partial charge in [-0.25, -0.2) is 4.79 Å². The summed E-state index contributed by atoms with van der Waals surface area (Å²) in [5.41, 5.74) is 3.83. The lowest BCUT2D eigenvalue weighted by molar-refractivity contribution is -0.129. The fourth-order valence-electron chi connectivity index (χ4n) is 4.72. The Morgan fingerprint density at radius 3 is 2.45 bits per heavy atom. The number of fused-ring (bicyclic) bond motifs is 1. The molecule has 2 N–H and O–H groups in total. The highest BCUT2D eigenvalue weighted by atomic mass is 16.4. The van der Waals surface area contributed by atoms with Gasteiger partial charge in [-0.2, -0.15) is 0 Å². The van der Waals surface area contributed by atoms with Crippen LogP contribution in [0.15, 0.2) is 42.5 Å². The lowest BCUT2D eigenvalue weighted by atomic mass is 9.81. The van der Waals surface area contributed by atoms with Crippen molar-refractivity contribution >= 4 is 22.8 Å². The van der Waals surface area contributed by atoms with Gasteiger partial charge in [-0.15, -0.1) is 0 Å². The van der Waals surface area contributed by atoms with E-state index in [-0.39, 0.29) is 23.8 Å². The number of nitrogens with zero attached hydrogens (tertiary/aromatic N) is 2. The van der Waals surface area contributed by atoms with Crippen molar-refractivity contribution in [2.45, 2.75) is 44.6 Å². The van der Waals surface area contributed by atoms with Gasteiger partial charge in [0, 0.05) is 25.0 Å². The zero-order valence-electron chi connectivity index (χ0n) is 18.0. The van der Waals surface area contributed by atoms with E-state index in [2.05, 4.69) is 0 Å². The normalized spacial score (nSPS) is 14.6. The highest BCUT2D eigenvalue weighted by Crippen LogP contribution is 2.44. The van der Waals surface area contributed by atoms with Crippen LogP contribution in [0.25, 0.3) is 22.2 Å². The second-order valence-electron chi connectivity index (χ2n) is 8.56. The molecule has 1 amide bonds. The Morgan fingerprint density at radius 1 is 1.06 bits per heavy atom.